The molecular formula is C9H11BrF2N2O. The van der Waals surface area contributed by atoms with Gasteiger partial charge in [0.25, 0.3) is 5.92 Å². The molecule has 0 saturated heterocycles. The fraction of sp³-hybridized carbons (Fsp3) is 0.778. The van der Waals surface area contributed by atoms with Gasteiger partial charge in [-0.3, -0.25) is 0 Å². The third kappa shape index (κ3) is 2.19. The second kappa shape index (κ2) is 4.15. The standard InChI is InChI=1S/C9H11BrF2N2O/c10-5-7-13-8(15-14-7)6-3-1-2-4-9(6,11)12/h6H,1-5H2. The summed E-state index contributed by atoms with van der Waals surface area (Å²) in [5.74, 6) is -3.10. The SMILES string of the molecule is FC1(F)CCCCC1c1nc(CBr)no1. The molecule has 0 spiro atoms. The van der Waals surface area contributed by atoms with Crippen molar-refractivity contribution in [1.29, 1.82) is 0 Å². The van der Waals surface area contributed by atoms with Gasteiger partial charge in [-0.1, -0.05) is 27.5 Å². The van der Waals surface area contributed by atoms with Gasteiger partial charge >= 0.3 is 0 Å². The Morgan fingerprint density at radius 1 is 1.47 bits per heavy atom. The third-order valence-corrected chi connectivity index (χ3v) is 3.17. The first-order valence-electron chi connectivity index (χ1n) is 4.90. The van der Waals surface area contributed by atoms with Gasteiger partial charge in [0.1, 0.15) is 5.92 Å². The van der Waals surface area contributed by atoms with Gasteiger partial charge in [0.15, 0.2) is 5.82 Å². The van der Waals surface area contributed by atoms with Crippen LogP contribution in [-0.2, 0) is 5.33 Å². The largest absolute Gasteiger partial charge is 0.339 e. The Kier molecular flexibility index (Phi) is 3.04. The first-order chi connectivity index (χ1) is 7.13. The maximum atomic E-state index is 13.5. The van der Waals surface area contributed by atoms with Crippen LogP contribution in [0.25, 0.3) is 0 Å². The minimum absolute atomic E-state index is 0.0779. The normalized spacial score (nSPS) is 25.4. The molecule has 0 aliphatic heterocycles. The molecule has 1 saturated carbocycles. The molecule has 0 aromatic carbocycles. The van der Waals surface area contributed by atoms with Gasteiger partial charge in [-0.15, -0.1) is 0 Å². The van der Waals surface area contributed by atoms with Crippen molar-refractivity contribution in [3.05, 3.63) is 11.7 Å². The predicted molar refractivity (Wildman–Crippen MR) is 53.1 cm³/mol. The number of rotatable bonds is 2. The molecule has 0 amide bonds. The van der Waals surface area contributed by atoms with Crippen LogP contribution in [0.3, 0.4) is 0 Å². The van der Waals surface area contributed by atoms with E-state index < -0.39 is 11.8 Å². The summed E-state index contributed by atoms with van der Waals surface area (Å²) in [6.07, 6.45) is 1.72. The molecule has 1 aromatic heterocycles. The van der Waals surface area contributed by atoms with Gasteiger partial charge in [-0.05, 0) is 12.8 Å². The van der Waals surface area contributed by atoms with E-state index in [2.05, 4.69) is 26.1 Å². The van der Waals surface area contributed by atoms with E-state index in [0.29, 0.717) is 24.0 Å². The first kappa shape index (κ1) is 11.0. The summed E-state index contributed by atoms with van der Waals surface area (Å²) in [7, 11) is 0. The van der Waals surface area contributed by atoms with Gasteiger partial charge in [0, 0.05) is 6.42 Å². The summed E-state index contributed by atoms with van der Waals surface area (Å²) >= 11 is 3.15. The fourth-order valence-corrected chi connectivity index (χ4v) is 2.09. The summed E-state index contributed by atoms with van der Waals surface area (Å²) in [6, 6.07) is 0. The van der Waals surface area contributed by atoms with E-state index in [-0.39, 0.29) is 12.3 Å². The molecule has 84 valence electrons. The van der Waals surface area contributed by atoms with Crippen LogP contribution >= 0.6 is 15.9 Å². The van der Waals surface area contributed by atoms with E-state index in [4.69, 9.17) is 4.52 Å². The Labute approximate surface area is 94.4 Å². The Balaban J connectivity index is 2.21. The molecule has 2 rings (SSSR count). The van der Waals surface area contributed by atoms with Crippen molar-refractivity contribution in [2.75, 3.05) is 0 Å². The molecular weight excluding hydrogens is 270 g/mol. The van der Waals surface area contributed by atoms with Crippen LogP contribution < -0.4 is 0 Å². The van der Waals surface area contributed by atoms with Crippen LogP contribution in [-0.4, -0.2) is 16.1 Å². The second-order valence-corrected chi connectivity index (χ2v) is 4.30. The number of hydrogen-bond acceptors (Lipinski definition) is 3. The van der Waals surface area contributed by atoms with Crippen LogP contribution in [0.15, 0.2) is 4.52 Å². The Morgan fingerprint density at radius 3 is 2.87 bits per heavy atom. The highest BCUT2D eigenvalue weighted by atomic mass is 79.9. The first-order valence-corrected chi connectivity index (χ1v) is 6.02. The van der Waals surface area contributed by atoms with Crippen LogP contribution in [0, 0.1) is 0 Å². The van der Waals surface area contributed by atoms with Crippen molar-refractivity contribution in [2.24, 2.45) is 0 Å². The second-order valence-electron chi connectivity index (χ2n) is 3.74. The van der Waals surface area contributed by atoms with Crippen LogP contribution in [0.5, 0.6) is 0 Å². The van der Waals surface area contributed by atoms with Crippen molar-refractivity contribution in [3.8, 4) is 0 Å². The van der Waals surface area contributed by atoms with Crippen molar-refractivity contribution in [2.45, 2.75) is 42.9 Å². The quantitative estimate of drug-likeness (QED) is 0.781. The van der Waals surface area contributed by atoms with Crippen molar-refractivity contribution < 1.29 is 13.3 Å². The van der Waals surface area contributed by atoms with Gasteiger partial charge in [-0.25, -0.2) is 8.78 Å². The molecule has 15 heavy (non-hydrogen) atoms. The zero-order chi connectivity index (χ0) is 10.9. The topological polar surface area (TPSA) is 38.9 Å². The van der Waals surface area contributed by atoms with E-state index in [1.54, 1.807) is 0 Å². The van der Waals surface area contributed by atoms with E-state index >= 15 is 0 Å². The summed E-state index contributed by atoms with van der Waals surface area (Å²) < 4.78 is 31.9. The van der Waals surface area contributed by atoms with Gasteiger partial charge in [0.2, 0.25) is 5.89 Å². The summed E-state index contributed by atoms with van der Waals surface area (Å²) in [6.45, 7) is 0. The maximum Gasteiger partial charge on any atom is 0.259 e. The van der Waals surface area contributed by atoms with Gasteiger partial charge in [0.05, 0.1) is 5.33 Å². The van der Waals surface area contributed by atoms with Gasteiger partial charge in [-0.2, -0.15) is 4.98 Å². The molecule has 1 aliphatic carbocycles. The van der Waals surface area contributed by atoms with E-state index in [0.717, 1.165) is 6.42 Å². The average Bonchev–Trinajstić information content (AvgIpc) is 2.65. The van der Waals surface area contributed by atoms with E-state index in [1.165, 1.54) is 0 Å². The molecule has 1 atom stereocenters. The molecule has 3 nitrogen and oxygen atoms in total. The molecule has 1 heterocycles. The minimum atomic E-state index is -2.70. The molecule has 1 aliphatic rings. The minimum Gasteiger partial charge on any atom is -0.339 e. The zero-order valence-electron chi connectivity index (χ0n) is 8.05. The lowest BCUT2D eigenvalue weighted by Crippen LogP contribution is -2.30. The highest BCUT2D eigenvalue weighted by molar-refractivity contribution is 9.08. The fourth-order valence-electron chi connectivity index (χ4n) is 1.86. The monoisotopic (exact) mass is 280 g/mol. The van der Waals surface area contributed by atoms with Crippen LogP contribution in [0.2, 0.25) is 0 Å². The smallest absolute Gasteiger partial charge is 0.259 e. The van der Waals surface area contributed by atoms with E-state index in [9.17, 15) is 8.78 Å². The lowest BCUT2D eigenvalue weighted by Gasteiger charge is -2.28. The number of alkyl halides is 3. The summed E-state index contributed by atoms with van der Waals surface area (Å²) in [5, 5.41) is 4.03. The number of nitrogens with zero attached hydrogens (tertiary/aromatic N) is 2. The lowest BCUT2D eigenvalue weighted by atomic mass is 9.85. The Bertz CT molecular complexity index is 343. The molecule has 1 unspecified atom stereocenters. The predicted octanol–water partition coefficient (Wildman–Crippen LogP) is 3.26. The summed E-state index contributed by atoms with van der Waals surface area (Å²) in [5.41, 5.74) is 0. The van der Waals surface area contributed by atoms with Crippen molar-refractivity contribution >= 4 is 15.9 Å². The number of hydrogen-bond donors (Lipinski definition) is 0. The molecule has 6 heteroatoms. The molecule has 1 aromatic rings. The highest BCUT2D eigenvalue weighted by Crippen LogP contribution is 2.43. The molecule has 0 N–H and O–H groups in total. The molecule has 0 radical (unpaired) electrons. The van der Waals surface area contributed by atoms with Crippen molar-refractivity contribution in [1.82, 2.24) is 10.1 Å². The van der Waals surface area contributed by atoms with E-state index in [1.807, 2.05) is 0 Å². The van der Waals surface area contributed by atoms with Crippen LogP contribution in [0.4, 0.5) is 8.78 Å². The van der Waals surface area contributed by atoms with Gasteiger partial charge < -0.3 is 4.52 Å². The zero-order valence-corrected chi connectivity index (χ0v) is 9.64. The number of aromatic nitrogens is 2. The highest BCUT2D eigenvalue weighted by Gasteiger charge is 2.45. The van der Waals surface area contributed by atoms with Crippen molar-refractivity contribution in [3.63, 3.8) is 0 Å². The summed E-state index contributed by atoms with van der Waals surface area (Å²) in [4.78, 5) is 3.94. The third-order valence-electron chi connectivity index (χ3n) is 2.66. The Morgan fingerprint density at radius 2 is 2.27 bits per heavy atom. The van der Waals surface area contributed by atoms with Crippen LogP contribution in [0.1, 0.15) is 43.3 Å². The number of halogens is 3. The Hall–Kier alpha value is -0.520. The lowest BCUT2D eigenvalue weighted by molar-refractivity contribution is -0.0630. The molecule has 1 fully saturated rings. The average molecular weight is 281 g/mol. The molecule has 0 bridgehead atoms. The maximum absolute atomic E-state index is 13.5.